The van der Waals surface area contributed by atoms with Gasteiger partial charge in [-0.2, -0.15) is 0 Å². The molecule has 0 unspecified atom stereocenters. The first-order valence-electron chi connectivity index (χ1n) is 2.89. The highest BCUT2D eigenvalue weighted by Gasteiger charge is 1.85. The second-order valence-electron chi connectivity index (χ2n) is 1.77. The molecule has 0 heterocycles. The summed E-state index contributed by atoms with van der Waals surface area (Å²) in [7, 11) is 1.63. The summed E-state index contributed by atoms with van der Waals surface area (Å²) in [6, 6.07) is 7.27. The largest absolute Gasteiger partial charge is 0.497 e. The summed E-state index contributed by atoms with van der Waals surface area (Å²) in [6.07, 6.45) is 0. The molecule has 0 bridgehead atoms. The van der Waals surface area contributed by atoms with Crippen molar-refractivity contribution in [1.29, 1.82) is 0 Å². The van der Waals surface area contributed by atoms with E-state index in [0.29, 0.717) is 0 Å². The molecule has 0 radical (unpaired) electrons. The van der Waals surface area contributed by atoms with Gasteiger partial charge in [0.15, 0.2) is 0 Å². The number of anilines is 1. The highest BCUT2D eigenvalue weighted by molar-refractivity contribution is 6.04. The minimum Gasteiger partial charge on any atom is -0.497 e. The maximum atomic E-state index is 6.47. The SMILES string of the molecule is COc1ccc(N)cc1.OCl. The van der Waals surface area contributed by atoms with E-state index in [9.17, 15) is 0 Å². The third kappa shape index (κ3) is 3.70. The first-order chi connectivity index (χ1) is 5.33. The Morgan fingerprint density at radius 1 is 1.27 bits per heavy atom. The number of halogens is 1. The lowest BCUT2D eigenvalue weighted by Gasteiger charge is -1.97. The topological polar surface area (TPSA) is 55.5 Å². The van der Waals surface area contributed by atoms with Crippen molar-refractivity contribution < 1.29 is 9.40 Å². The Labute approximate surface area is 70.5 Å². The molecule has 0 saturated heterocycles. The van der Waals surface area contributed by atoms with Crippen molar-refractivity contribution in [3.05, 3.63) is 24.3 Å². The summed E-state index contributed by atoms with van der Waals surface area (Å²) in [4.78, 5) is 0. The molecule has 62 valence electrons. The summed E-state index contributed by atoms with van der Waals surface area (Å²) in [5.74, 6) is 0.837. The Balaban J connectivity index is 0.000000461. The Morgan fingerprint density at radius 3 is 2.09 bits per heavy atom. The Morgan fingerprint density at radius 2 is 1.73 bits per heavy atom. The van der Waals surface area contributed by atoms with E-state index in [1.54, 1.807) is 19.2 Å². The van der Waals surface area contributed by atoms with Crippen LogP contribution in [0.2, 0.25) is 0 Å². The molecule has 1 aromatic rings. The van der Waals surface area contributed by atoms with Crippen LogP contribution in [0.1, 0.15) is 0 Å². The van der Waals surface area contributed by atoms with Gasteiger partial charge in [0.05, 0.1) is 19.0 Å². The second-order valence-corrected chi connectivity index (χ2v) is 1.77. The maximum Gasteiger partial charge on any atom is 0.119 e. The van der Waals surface area contributed by atoms with Crippen molar-refractivity contribution in [1.82, 2.24) is 0 Å². The average Bonchev–Trinajstić information content (AvgIpc) is 2.10. The van der Waals surface area contributed by atoms with Crippen LogP contribution in [-0.2, 0) is 0 Å². The molecule has 0 aliphatic rings. The fraction of sp³-hybridized carbons (Fsp3) is 0.143. The molecule has 1 rings (SSSR count). The van der Waals surface area contributed by atoms with Crippen molar-refractivity contribution in [2.24, 2.45) is 0 Å². The van der Waals surface area contributed by atoms with Gasteiger partial charge < -0.3 is 10.5 Å². The van der Waals surface area contributed by atoms with Crippen molar-refractivity contribution in [2.75, 3.05) is 12.8 Å². The summed E-state index contributed by atoms with van der Waals surface area (Å²) in [6.45, 7) is 0. The lowest BCUT2D eigenvalue weighted by atomic mass is 10.3. The number of rotatable bonds is 1. The Bertz CT molecular complexity index is 188. The van der Waals surface area contributed by atoms with Gasteiger partial charge in [-0.05, 0) is 24.3 Å². The van der Waals surface area contributed by atoms with Crippen LogP contribution < -0.4 is 10.5 Å². The zero-order valence-electron chi connectivity index (χ0n) is 6.12. The van der Waals surface area contributed by atoms with Crippen LogP contribution in [0.15, 0.2) is 24.3 Å². The molecule has 11 heavy (non-hydrogen) atoms. The van der Waals surface area contributed by atoms with Gasteiger partial charge in [-0.15, -0.1) is 0 Å². The van der Waals surface area contributed by atoms with E-state index >= 15 is 0 Å². The first kappa shape index (κ1) is 10.1. The molecule has 0 aromatic heterocycles. The predicted molar refractivity (Wildman–Crippen MR) is 45.5 cm³/mol. The van der Waals surface area contributed by atoms with E-state index in [4.69, 9.17) is 15.1 Å². The van der Waals surface area contributed by atoms with Gasteiger partial charge in [-0.1, -0.05) is 0 Å². The van der Waals surface area contributed by atoms with Crippen molar-refractivity contribution in [3.8, 4) is 5.75 Å². The molecular formula is C7H10ClNO2. The van der Waals surface area contributed by atoms with E-state index in [1.807, 2.05) is 12.1 Å². The second kappa shape index (κ2) is 5.82. The van der Waals surface area contributed by atoms with Crippen LogP contribution >= 0.6 is 11.9 Å². The molecule has 0 fully saturated rings. The zero-order chi connectivity index (χ0) is 8.69. The minimum atomic E-state index is 0.760. The summed E-state index contributed by atoms with van der Waals surface area (Å²) in [5.41, 5.74) is 6.19. The highest BCUT2D eigenvalue weighted by Crippen LogP contribution is 2.11. The fourth-order valence-electron chi connectivity index (χ4n) is 0.604. The van der Waals surface area contributed by atoms with Crippen LogP contribution in [0.3, 0.4) is 0 Å². The van der Waals surface area contributed by atoms with Crippen LogP contribution in [0.5, 0.6) is 5.75 Å². The van der Waals surface area contributed by atoms with E-state index in [1.165, 1.54) is 0 Å². The Kier molecular flexibility index (Phi) is 5.33. The Hall–Kier alpha value is -0.930. The van der Waals surface area contributed by atoms with Gasteiger partial charge in [0, 0.05) is 5.69 Å². The van der Waals surface area contributed by atoms with Crippen LogP contribution in [-0.4, -0.2) is 11.8 Å². The third-order valence-electron chi connectivity index (χ3n) is 1.12. The van der Waals surface area contributed by atoms with Crippen molar-refractivity contribution in [3.63, 3.8) is 0 Å². The van der Waals surface area contributed by atoms with Crippen LogP contribution in [0, 0.1) is 0 Å². The van der Waals surface area contributed by atoms with Gasteiger partial charge in [0.2, 0.25) is 0 Å². The number of nitrogens with two attached hydrogens (primary N) is 1. The molecule has 0 aliphatic carbocycles. The van der Waals surface area contributed by atoms with E-state index < -0.39 is 0 Å². The lowest BCUT2D eigenvalue weighted by Crippen LogP contribution is -1.84. The number of hydrogen-bond acceptors (Lipinski definition) is 3. The lowest BCUT2D eigenvalue weighted by molar-refractivity contribution is 0.415. The molecule has 3 N–H and O–H groups in total. The highest BCUT2D eigenvalue weighted by atomic mass is 35.5. The third-order valence-corrected chi connectivity index (χ3v) is 1.12. The van der Waals surface area contributed by atoms with Crippen LogP contribution in [0.25, 0.3) is 0 Å². The standard InChI is InChI=1S/C7H9NO.ClHO/c1-9-7-4-2-6(8)3-5-7;1-2/h2-5H,8H2,1H3;2H. The number of hydrogen-bond donors (Lipinski definition) is 2. The van der Waals surface area contributed by atoms with Gasteiger partial charge in [0.1, 0.15) is 5.75 Å². The molecular weight excluding hydrogens is 166 g/mol. The number of ether oxygens (including phenoxy) is 1. The molecule has 3 nitrogen and oxygen atoms in total. The predicted octanol–water partition coefficient (Wildman–Crippen LogP) is 1.41. The van der Waals surface area contributed by atoms with Crippen molar-refractivity contribution in [2.45, 2.75) is 0 Å². The molecule has 1 aromatic carbocycles. The summed E-state index contributed by atoms with van der Waals surface area (Å²) in [5, 5.41) is 0. The van der Waals surface area contributed by atoms with Gasteiger partial charge in [-0.25, -0.2) is 0 Å². The molecule has 4 heteroatoms. The number of methoxy groups -OCH3 is 1. The van der Waals surface area contributed by atoms with Crippen LogP contribution in [0.4, 0.5) is 5.69 Å². The van der Waals surface area contributed by atoms with E-state index in [-0.39, 0.29) is 0 Å². The normalized spacial score (nSPS) is 7.91. The maximum absolute atomic E-state index is 6.47. The molecule has 0 aliphatic heterocycles. The molecule has 0 spiro atoms. The molecule has 0 saturated carbocycles. The van der Waals surface area contributed by atoms with Crippen molar-refractivity contribution >= 4 is 17.6 Å². The number of nitrogen functional groups attached to an aromatic ring is 1. The van der Waals surface area contributed by atoms with Gasteiger partial charge in [0.25, 0.3) is 0 Å². The number of benzene rings is 1. The van der Waals surface area contributed by atoms with Gasteiger partial charge >= 0.3 is 0 Å². The van der Waals surface area contributed by atoms with E-state index in [2.05, 4.69) is 11.9 Å². The quantitative estimate of drug-likeness (QED) is 0.635. The fourth-order valence-corrected chi connectivity index (χ4v) is 0.604. The smallest absolute Gasteiger partial charge is 0.119 e. The summed E-state index contributed by atoms with van der Waals surface area (Å²) < 4.78 is 11.4. The first-order valence-corrected chi connectivity index (χ1v) is 3.23. The molecule has 0 amide bonds. The zero-order valence-corrected chi connectivity index (χ0v) is 6.88. The molecule has 0 atom stereocenters. The van der Waals surface area contributed by atoms with E-state index in [0.717, 1.165) is 11.4 Å². The minimum absolute atomic E-state index is 0.760. The summed E-state index contributed by atoms with van der Waals surface area (Å²) >= 11 is 3.64. The van der Waals surface area contributed by atoms with Gasteiger partial charge in [-0.3, -0.25) is 4.66 Å². The monoisotopic (exact) mass is 175 g/mol. The average molecular weight is 176 g/mol.